The molecule has 24 heavy (non-hydrogen) atoms. The molecule has 0 aromatic heterocycles. The highest BCUT2D eigenvalue weighted by Gasteiger charge is 2.32. The van der Waals surface area contributed by atoms with Crippen molar-refractivity contribution in [3.8, 4) is 11.5 Å². The number of amides is 1. The molecule has 1 heterocycles. The molecule has 8 heteroatoms. The molecule has 7 nitrogen and oxygen atoms in total. The van der Waals surface area contributed by atoms with Crippen LogP contribution in [0.2, 0.25) is 0 Å². The van der Waals surface area contributed by atoms with Gasteiger partial charge in [-0.15, -0.1) is 0 Å². The number of rotatable bonds is 6. The van der Waals surface area contributed by atoms with E-state index in [-0.39, 0.29) is 35.8 Å². The zero-order valence-electron chi connectivity index (χ0n) is 13.9. The van der Waals surface area contributed by atoms with Crippen LogP contribution < -0.4 is 9.47 Å². The van der Waals surface area contributed by atoms with E-state index in [2.05, 4.69) is 0 Å². The fourth-order valence-electron chi connectivity index (χ4n) is 2.53. The highest BCUT2D eigenvalue weighted by atomic mass is 32.2. The fourth-order valence-corrected chi connectivity index (χ4v) is 4.31. The van der Waals surface area contributed by atoms with Gasteiger partial charge >= 0.3 is 0 Å². The van der Waals surface area contributed by atoms with E-state index in [9.17, 15) is 18.0 Å². The standard InChI is InChI=1S/C16H21NO6S/c1-11(18)12-4-5-14(15(8-12)22-3)23-9-16(19)17(2)13-6-7-24(20,21)10-13/h4-5,8,13H,6-7,9-10H2,1-3H3. The number of likely N-dealkylation sites (N-methyl/N-ethyl adjacent to an activating group) is 1. The summed E-state index contributed by atoms with van der Waals surface area (Å²) in [6.45, 7) is 1.21. The highest BCUT2D eigenvalue weighted by Crippen LogP contribution is 2.28. The van der Waals surface area contributed by atoms with Gasteiger partial charge in [-0.1, -0.05) is 0 Å². The summed E-state index contributed by atoms with van der Waals surface area (Å²) in [6, 6.07) is 4.41. The first kappa shape index (κ1) is 18.3. The molecule has 0 N–H and O–H groups in total. The first-order valence-corrected chi connectivity index (χ1v) is 9.33. The molecule has 0 aliphatic carbocycles. The number of benzene rings is 1. The predicted octanol–water partition coefficient (Wildman–Crippen LogP) is 0.922. The molecule has 1 atom stereocenters. The molecule has 2 rings (SSSR count). The topological polar surface area (TPSA) is 90.0 Å². The number of nitrogens with zero attached hydrogens (tertiary/aromatic N) is 1. The van der Waals surface area contributed by atoms with Crippen molar-refractivity contribution < 1.29 is 27.5 Å². The van der Waals surface area contributed by atoms with Gasteiger partial charge in [0, 0.05) is 18.7 Å². The van der Waals surface area contributed by atoms with Crippen LogP contribution in [0.1, 0.15) is 23.7 Å². The van der Waals surface area contributed by atoms with Crippen LogP contribution in [0.15, 0.2) is 18.2 Å². The fraction of sp³-hybridized carbons (Fsp3) is 0.500. The second-order valence-corrected chi connectivity index (χ2v) is 8.00. The lowest BCUT2D eigenvalue weighted by molar-refractivity contribution is -0.133. The number of carbonyl (C=O) groups excluding carboxylic acids is 2. The monoisotopic (exact) mass is 355 g/mol. The lowest BCUT2D eigenvalue weighted by atomic mass is 10.1. The minimum absolute atomic E-state index is 0.00807. The average Bonchev–Trinajstić information content (AvgIpc) is 2.91. The third-order valence-electron chi connectivity index (χ3n) is 4.07. The zero-order valence-corrected chi connectivity index (χ0v) is 14.8. The van der Waals surface area contributed by atoms with Gasteiger partial charge in [-0.05, 0) is 31.5 Å². The molecular formula is C16H21NO6S. The minimum Gasteiger partial charge on any atom is -0.493 e. The van der Waals surface area contributed by atoms with Crippen LogP contribution in [-0.4, -0.2) is 63.3 Å². The Hall–Kier alpha value is -2.09. The van der Waals surface area contributed by atoms with Crippen LogP contribution >= 0.6 is 0 Å². The van der Waals surface area contributed by atoms with E-state index in [0.29, 0.717) is 23.5 Å². The van der Waals surface area contributed by atoms with Gasteiger partial charge < -0.3 is 14.4 Å². The molecule has 132 valence electrons. The number of Topliss-reactive ketones (excluding diaryl/α,β-unsaturated/α-hetero) is 1. The van der Waals surface area contributed by atoms with Crippen LogP contribution in [0.5, 0.6) is 11.5 Å². The molecule has 1 amide bonds. The van der Waals surface area contributed by atoms with E-state index in [4.69, 9.17) is 9.47 Å². The summed E-state index contributed by atoms with van der Waals surface area (Å²) in [7, 11) is -0.0268. The molecule has 0 saturated carbocycles. The van der Waals surface area contributed by atoms with Crippen molar-refractivity contribution in [2.24, 2.45) is 0 Å². The van der Waals surface area contributed by atoms with E-state index in [1.165, 1.54) is 18.9 Å². The van der Waals surface area contributed by atoms with Crippen molar-refractivity contribution in [2.45, 2.75) is 19.4 Å². The molecule has 1 aliphatic heterocycles. The van der Waals surface area contributed by atoms with Gasteiger partial charge in [-0.25, -0.2) is 8.42 Å². The van der Waals surface area contributed by atoms with Crippen molar-refractivity contribution >= 4 is 21.5 Å². The van der Waals surface area contributed by atoms with Crippen molar-refractivity contribution in [3.05, 3.63) is 23.8 Å². The molecule has 0 spiro atoms. The minimum atomic E-state index is -3.05. The Kier molecular flexibility index (Phi) is 5.48. The van der Waals surface area contributed by atoms with Gasteiger partial charge in [0.2, 0.25) is 0 Å². The maximum absolute atomic E-state index is 12.2. The van der Waals surface area contributed by atoms with E-state index in [1.807, 2.05) is 0 Å². The number of hydrogen-bond acceptors (Lipinski definition) is 6. The number of ether oxygens (including phenoxy) is 2. The molecule has 1 fully saturated rings. The Morgan fingerprint density at radius 1 is 1.29 bits per heavy atom. The molecule has 0 bridgehead atoms. The maximum Gasteiger partial charge on any atom is 0.260 e. The van der Waals surface area contributed by atoms with Gasteiger partial charge in [-0.3, -0.25) is 9.59 Å². The normalized spacial score (nSPS) is 18.9. The zero-order chi connectivity index (χ0) is 17.9. The van der Waals surface area contributed by atoms with Gasteiger partial charge in [0.15, 0.2) is 33.7 Å². The Bertz CT molecular complexity index is 743. The SMILES string of the molecule is COc1cc(C(C)=O)ccc1OCC(=O)N(C)C1CCS(=O)(=O)C1. The lowest BCUT2D eigenvalue weighted by Crippen LogP contribution is -2.40. The largest absolute Gasteiger partial charge is 0.493 e. The lowest BCUT2D eigenvalue weighted by Gasteiger charge is -2.23. The molecular weight excluding hydrogens is 334 g/mol. The molecule has 1 saturated heterocycles. The van der Waals surface area contributed by atoms with E-state index in [1.54, 1.807) is 25.2 Å². The van der Waals surface area contributed by atoms with Crippen LogP contribution in [0.3, 0.4) is 0 Å². The van der Waals surface area contributed by atoms with E-state index >= 15 is 0 Å². The van der Waals surface area contributed by atoms with Crippen LogP contribution in [0.4, 0.5) is 0 Å². The van der Waals surface area contributed by atoms with Crippen LogP contribution in [-0.2, 0) is 14.6 Å². The predicted molar refractivity (Wildman–Crippen MR) is 88.3 cm³/mol. The summed E-state index contributed by atoms with van der Waals surface area (Å²) in [5.74, 6) is 0.403. The maximum atomic E-state index is 12.2. The smallest absolute Gasteiger partial charge is 0.260 e. The van der Waals surface area contributed by atoms with E-state index in [0.717, 1.165) is 0 Å². The van der Waals surface area contributed by atoms with Crippen molar-refractivity contribution in [3.63, 3.8) is 0 Å². The van der Waals surface area contributed by atoms with Crippen molar-refractivity contribution in [1.29, 1.82) is 0 Å². The van der Waals surface area contributed by atoms with Gasteiger partial charge in [-0.2, -0.15) is 0 Å². The Morgan fingerprint density at radius 3 is 2.54 bits per heavy atom. The summed E-state index contributed by atoms with van der Waals surface area (Å²) in [5.41, 5.74) is 0.485. The molecule has 1 unspecified atom stereocenters. The number of methoxy groups -OCH3 is 1. The second kappa shape index (κ2) is 7.21. The Balaban J connectivity index is 2.00. The van der Waals surface area contributed by atoms with Crippen LogP contribution in [0.25, 0.3) is 0 Å². The van der Waals surface area contributed by atoms with Gasteiger partial charge in [0.1, 0.15) is 0 Å². The molecule has 0 radical (unpaired) electrons. The quantitative estimate of drug-likeness (QED) is 0.705. The summed E-state index contributed by atoms with van der Waals surface area (Å²) >= 11 is 0. The Labute approximate surface area is 141 Å². The number of carbonyl (C=O) groups is 2. The van der Waals surface area contributed by atoms with Gasteiger partial charge in [0.25, 0.3) is 5.91 Å². The van der Waals surface area contributed by atoms with Crippen LogP contribution in [0, 0.1) is 0 Å². The second-order valence-electron chi connectivity index (χ2n) is 5.77. The summed E-state index contributed by atoms with van der Waals surface area (Å²) in [5, 5.41) is 0. The average molecular weight is 355 g/mol. The highest BCUT2D eigenvalue weighted by molar-refractivity contribution is 7.91. The third-order valence-corrected chi connectivity index (χ3v) is 5.82. The first-order chi connectivity index (χ1) is 11.2. The van der Waals surface area contributed by atoms with Gasteiger partial charge in [0.05, 0.1) is 18.6 Å². The molecule has 1 aliphatic rings. The van der Waals surface area contributed by atoms with Crippen molar-refractivity contribution in [2.75, 3.05) is 32.3 Å². The number of sulfone groups is 1. The molecule has 1 aromatic rings. The summed E-state index contributed by atoms with van der Waals surface area (Å²) < 4.78 is 33.7. The summed E-state index contributed by atoms with van der Waals surface area (Å²) in [6.07, 6.45) is 0.446. The number of ketones is 1. The van der Waals surface area contributed by atoms with Crippen molar-refractivity contribution in [1.82, 2.24) is 4.90 Å². The number of hydrogen-bond donors (Lipinski definition) is 0. The first-order valence-electron chi connectivity index (χ1n) is 7.51. The third kappa shape index (κ3) is 4.25. The summed E-state index contributed by atoms with van der Waals surface area (Å²) in [4.78, 5) is 25.0. The van der Waals surface area contributed by atoms with E-state index < -0.39 is 9.84 Å². The Morgan fingerprint density at radius 2 is 2.00 bits per heavy atom. The molecule has 1 aromatic carbocycles.